The van der Waals surface area contributed by atoms with Crippen LogP contribution in [0.25, 0.3) is 0 Å². The van der Waals surface area contributed by atoms with E-state index in [1.165, 1.54) is 20.3 Å². The molecule has 3 N–H and O–H groups in total. The maximum Gasteiger partial charge on any atom is 0.204 e. The summed E-state index contributed by atoms with van der Waals surface area (Å²) in [5, 5.41) is 30.0. The van der Waals surface area contributed by atoms with Crippen molar-refractivity contribution in [1.82, 2.24) is 0 Å². The largest absolute Gasteiger partial charge is 0.504 e. The van der Waals surface area contributed by atoms with Gasteiger partial charge in [-0.15, -0.1) is 0 Å². The molecule has 124 valence electrons. The number of fused-ring (bicyclic) bond motifs is 2. The number of methoxy groups -OCH3 is 2. The topological polar surface area (TPSA) is 113 Å². The van der Waals surface area contributed by atoms with Gasteiger partial charge < -0.3 is 24.8 Å². The molecule has 2 aromatic carbocycles. The molecular weight excluding hydrogens is 316 g/mol. The lowest BCUT2D eigenvalue weighted by molar-refractivity contribution is 0.0972. The second-order valence-corrected chi connectivity index (χ2v) is 5.30. The number of hydrogen-bond donors (Lipinski definition) is 3. The van der Waals surface area contributed by atoms with Gasteiger partial charge in [-0.25, -0.2) is 0 Å². The Bertz CT molecular complexity index is 912. The van der Waals surface area contributed by atoms with Crippen molar-refractivity contribution < 1.29 is 34.4 Å². The minimum absolute atomic E-state index is 0.0206. The number of carbonyl (C=O) groups is 2. The van der Waals surface area contributed by atoms with Crippen LogP contribution in [0.1, 0.15) is 37.4 Å². The van der Waals surface area contributed by atoms with Crippen LogP contribution in [0.4, 0.5) is 0 Å². The third kappa shape index (κ3) is 1.78. The smallest absolute Gasteiger partial charge is 0.204 e. The van der Waals surface area contributed by atoms with Crippen LogP contribution in [-0.2, 0) is 0 Å². The third-order valence-electron chi connectivity index (χ3n) is 4.11. The van der Waals surface area contributed by atoms with E-state index >= 15 is 0 Å². The van der Waals surface area contributed by atoms with Crippen molar-refractivity contribution in [1.29, 1.82) is 0 Å². The molecule has 0 unspecified atom stereocenters. The zero-order valence-electron chi connectivity index (χ0n) is 13.1. The minimum Gasteiger partial charge on any atom is -0.504 e. The summed E-state index contributed by atoms with van der Waals surface area (Å²) in [7, 11) is 2.64. The summed E-state index contributed by atoms with van der Waals surface area (Å²) in [5.41, 5.74) is -0.387. The van der Waals surface area contributed by atoms with Crippen molar-refractivity contribution in [3.8, 4) is 28.7 Å². The van der Waals surface area contributed by atoms with E-state index in [2.05, 4.69) is 0 Å². The molecule has 1 aliphatic carbocycles. The van der Waals surface area contributed by atoms with E-state index < -0.39 is 28.8 Å². The van der Waals surface area contributed by atoms with Crippen molar-refractivity contribution in [2.24, 2.45) is 0 Å². The van der Waals surface area contributed by atoms with Crippen LogP contribution in [0.3, 0.4) is 0 Å². The molecule has 0 spiro atoms. The number of rotatable bonds is 2. The number of ether oxygens (including phenoxy) is 2. The first kappa shape index (κ1) is 15.7. The molecule has 7 heteroatoms. The lowest BCUT2D eigenvalue weighted by Crippen LogP contribution is -2.23. The van der Waals surface area contributed by atoms with Crippen LogP contribution >= 0.6 is 0 Å². The SMILES string of the molecule is COc1c(C)c2c(c(O)c1OC)C(=O)c1c(ccc(O)c1O)C2=O. The molecule has 2 aromatic rings. The van der Waals surface area contributed by atoms with E-state index in [0.29, 0.717) is 5.56 Å². The van der Waals surface area contributed by atoms with E-state index in [4.69, 9.17) is 9.47 Å². The van der Waals surface area contributed by atoms with E-state index in [9.17, 15) is 24.9 Å². The van der Waals surface area contributed by atoms with Gasteiger partial charge in [0.25, 0.3) is 0 Å². The average Bonchev–Trinajstić information content (AvgIpc) is 2.56. The summed E-state index contributed by atoms with van der Waals surface area (Å²) in [6.07, 6.45) is 0. The fourth-order valence-electron chi connectivity index (χ4n) is 3.01. The highest BCUT2D eigenvalue weighted by molar-refractivity contribution is 6.31. The van der Waals surface area contributed by atoms with Gasteiger partial charge in [0.15, 0.2) is 28.8 Å². The summed E-state index contributed by atoms with van der Waals surface area (Å²) >= 11 is 0. The fraction of sp³-hybridized carbons (Fsp3) is 0.176. The first-order valence-corrected chi connectivity index (χ1v) is 6.96. The number of benzene rings is 2. The van der Waals surface area contributed by atoms with Crippen LogP contribution in [-0.4, -0.2) is 41.1 Å². The van der Waals surface area contributed by atoms with Crippen molar-refractivity contribution in [3.63, 3.8) is 0 Å². The maximum absolute atomic E-state index is 12.8. The van der Waals surface area contributed by atoms with Crippen LogP contribution in [0.15, 0.2) is 12.1 Å². The van der Waals surface area contributed by atoms with Crippen LogP contribution in [0.5, 0.6) is 28.7 Å². The first-order valence-electron chi connectivity index (χ1n) is 6.96. The van der Waals surface area contributed by atoms with Crippen molar-refractivity contribution in [2.75, 3.05) is 14.2 Å². The van der Waals surface area contributed by atoms with Gasteiger partial charge in [-0.05, 0) is 19.1 Å². The van der Waals surface area contributed by atoms with Crippen molar-refractivity contribution in [2.45, 2.75) is 6.92 Å². The Morgan fingerprint density at radius 1 is 0.792 bits per heavy atom. The zero-order valence-corrected chi connectivity index (χ0v) is 13.1. The van der Waals surface area contributed by atoms with Crippen molar-refractivity contribution >= 4 is 11.6 Å². The molecule has 0 amide bonds. The number of aromatic hydroxyl groups is 3. The Hall–Kier alpha value is -3.22. The second-order valence-electron chi connectivity index (χ2n) is 5.30. The van der Waals surface area contributed by atoms with E-state index in [1.807, 2.05) is 0 Å². The number of hydrogen-bond acceptors (Lipinski definition) is 7. The molecule has 0 bridgehead atoms. The van der Waals surface area contributed by atoms with E-state index in [-0.39, 0.29) is 33.8 Å². The lowest BCUT2D eigenvalue weighted by atomic mass is 9.80. The Kier molecular flexibility index (Phi) is 3.37. The van der Waals surface area contributed by atoms with Gasteiger partial charge >= 0.3 is 0 Å². The van der Waals surface area contributed by atoms with E-state index in [1.54, 1.807) is 6.92 Å². The number of ketones is 2. The highest BCUT2D eigenvalue weighted by Gasteiger charge is 2.39. The molecule has 0 saturated carbocycles. The van der Waals surface area contributed by atoms with Crippen molar-refractivity contribution in [3.05, 3.63) is 39.9 Å². The molecule has 7 nitrogen and oxygen atoms in total. The summed E-state index contributed by atoms with van der Waals surface area (Å²) < 4.78 is 10.3. The fourth-order valence-corrected chi connectivity index (χ4v) is 3.01. The predicted octanol–water partition coefficient (Wildman–Crippen LogP) is 1.90. The molecule has 0 aliphatic heterocycles. The third-order valence-corrected chi connectivity index (χ3v) is 4.11. The molecule has 0 saturated heterocycles. The Balaban J connectivity index is 2.45. The van der Waals surface area contributed by atoms with Gasteiger partial charge in [-0.3, -0.25) is 9.59 Å². The highest BCUT2D eigenvalue weighted by Crippen LogP contribution is 2.49. The number of phenols is 3. The minimum atomic E-state index is -0.783. The Morgan fingerprint density at radius 3 is 2.00 bits per heavy atom. The quantitative estimate of drug-likeness (QED) is 0.615. The van der Waals surface area contributed by atoms with Gasteiger partial charge in [0.1, 0.15) is 0 Å². The monoisotopic (exact) mass is 330 g/mol. The summed E-state index contributed by atoms with van der Waals surface area (Å²) in [5.74, 6) is -3.09. The molecule has 3 rings (SSSR count). The molecule has 1 aliphatic rings. The average molecular weight is 330 g/mol. The summed E-state index contributed by atoms with van der Waals surface area (Å²) in [6, 6.07) is 2.38. The first-order chi connectivity index (χ1) is 11.3. The molecular formula is C17H14O7. The lowest BCUT2D eigenvalue weighted by Gasteiger charge is -2.24. The molecule has 0 aromatic heterocycles. The molecule has 24 heavy (non-hydrogen) atoms. The summed E-state index contributed by atoms with van der Waals surface area (Å²) in [4.78, 5) is 25.6. The summed E-state index contributed by atoms with van der Waals surface area (Å²) in [6.45, 7) is 1.57. The standard InChI is InChI=1S/C17H14O7/c1-6-9-11(15(22)17(24-3)16(6)23-2)14(21)10-7(12(9)19)4-5-8(18)13(10)20/h4-5,18,20,22H,1-3H3. The van der Waals surface area contributed by atoms with Gasteiger partial charge in [0.2, 0.25) is 11.5 Å². The Morgan fingerprint density at radius 2 is 1.42 bits per heavy atom. The number of phenolic OH excluding ortho intramolecular Hbond substituents is 3. The van der Waals surface area contributed by atoms with Crippen LogP contribution in [0, 0.1) is 6.92 Å². The van der Waals surface area contributed by atoms with Gasteiger partial charge in [-0.2, -0.15) is 0 Å². The normalized spacial score (nSPS) is 12.6. The van der Waals surface area contributed by atoms with Crippen LogP contribution < -0.4 is 9.47 Å². The molecule has 0 fully saturated rings. The van der Waals surface area contributed by atoms with Gasteiger partial charge in [-0.1, -0.05) is 0 Å². The predicted molar refractivity (Wildman–Crippen MR) is 82.6 cm³/mol. The highest BCUT2D eigenvalue weighted by atomic mass is 16.5. The van der Waals surface area contributed by atoms with E-state index in [0.717, 1.165) is 6.07 Å². The van der Waals surface area contributed by atoms with Crippen LogP contribution in [0.2, 0.25) is 0 Å². The maximum atomic E-state index is 12.8. The Labute approximate surface area is 136 Å². The second kappa shape index (κ2) is 5.16. The molecule has 0 heterocycles. The zero-order chi connectivity index (χ0) is 17.8. The number of carbonyl (C=O) groups excluding carboxylic acids is 2. The molecule has 0 atom stereocenters. The molecule has 0 radical (unpaired) electrons. The van der Waals surface area contributed by atoms with Gasteiger partial charge in [0.05, 0.1) is 25.3 Å². The van der Waals surface area contributed by atoms with Gasteiger partial charge in [0, 0.05) is 16.7 Å².